The molecule has 0 unspecified atom stereocenters. The van der Waals surface area contributed by atoms with Crippen LogP contribution >= 0.6 is 11.8 Å². The first kappa shape index (κ1) is 12.9. The Morgan fingerprint density at radius 1 is 1.39 bits per heavy atom. The van der Waals surface area contributed by atoms with Crippen molar-refractivity contribution in [2.75, 3.05) is 0 Å². The van der Waals surface area contributed by atoms with Gasteiger partial charge in [0.25, 0.3) is 0 Å². The number of halogens is 3. The van der Waals surface area contributed by atoms with Crippen LogP contribution in [0.25, 0.3) is 0 Å². The quantitative estimate of drug-likeness (QED) is 0.636. The highest BCUT2D eigenvalue weighted by Gasteiger charge is 2.32. The fourth-order valence-electron chi connectivity index (χ4n) is 1.19. The summed E-state index contributed by atoms with van der Waals surface area (Å²) in [5.74, 6) is 0.904. The van der Waals surface area contributed by atoms with Gasteiger partial charge in [-0.25, -0.2) is 9.97 Å². The van der Waals surface area contributed by atoms with Gasteiger partial charge < -0.3 is 4.52 Å². The van der Waals surface area contributed by atoms with Gasteiger partial charge in [-0.15, -0.1) is 0 Å². The number of thioether (sulfide) groups is 1. The summed E-state index contributed by atoms with van der Waals surface area (Å²) in [5.41, 5.74) is -0.232. The zero-order valence-electron chi connectivity index (χ0n) is 9.23. The number of aryl methyl sites for hydroxylation is 1. The molecule has 0 N–H and O–H groups in total. The van der Waals surface area contributed by atoms with E-state index in [-0.39, 0.29) is 5.16 Å². The molecule has 0 aliphatic heterocycles. The summed E-state index contributed by atoms with van der Waals surface area (Å²) in [4.78, 5) is 7.20. The molecule has 0 amide bonds. The highest BCUT2D eigenvalue weighted by Crippen LogP contribution is 2.29. The molecular weight excluding hydrogens is 267 g/mol. The molecule has 0 radical (unpaired) electrons. The predicted octanol–water partition coefficient (Wildman–Crippen LogP) is 3.08. The summed E-state index contributed by atoms with van der Waals surface area (Å²) in [6.45, 7) is 1.76. The number of rotatable bonds is 3. The molecule has 0 bridgehead atoms. The first-order chi connectivity index (χ1) is 8.45. The van der Waals surface area contributed by atoms with Gasteiger partial charge in [-0.1, -0.05) is 16.9 Å². The third-order valence-corrected chi connectivity index (χ3v) is 2.83. The molecule has 8 heteroatoms. The second-order valence-corrected chi connectivity index (χ2v) is 4.39. The van der Waals surface area contributed by atoms with Crippen LogP contribution in [0, 0.1) is 6.92 Å². The molecule has 2 aromatic heterocycles. The summed E-state index contributed by atoms with van der Waals surface area (Å²) in [7, 11) is 0. The molecule has 0 saturated heterocycles. The third kappa shape index (κ3) is 3.22. The lowest BCUT2D eigenvalue weighted by Crippen LogP contribution is -2.08. The zero-order chi connectivity index (χ0) is 13.2. The Hall–Kier alpha value is -1.57. The maximum Gasteiger partial charge on any atom is 0.433 e. The minimum atomic E-state index is -4.46. The number of hydrogen-bond acceptors (Lipinski definition) is 5. The first-order valence-electron chi connectivity index (χ1n) is 4.90. The summed E-state index contributed by atoms with van der Waals surface area (Å²) in [6.07, 6.45) is -3.37. The van der Waals surface area contributed by atoms with E-state index in [0.29, 0.717) is 11.5 Å². The van der Waals surface area contributed by atoms with Crippen LogP contribution in [-0.4, -0.2) is 15.1 Å². The van der Waals surface area contributed by atoms with Gasteiger partial charge in [0, 0.05) is 12.3 Å². The third-order valence-electron chi connectivity index (χ3n) is 1.94. The predicted molar refractivity (Wildman–Crippen MR) is 57.8 cm³/mol. The van der Waals surface area contributed by atoms with E-state index < -0.39 is 11.9 Å². The second kappa shape index (κ2) is 4.97. The lowest BCUT2D eigenvalue weighted by molar-refractivity contribution is -0.141. The number of aromatic nitrogens is 3. The summed E-state index contributed by atoms with van der Waals surface area (Å²) in [5, 5.41) is 3.73. The van der Waals surface area contributed by atoms with Crippen LogP contribution in [0.4, 0.5) is 13.2 Å². The van der Waals surface area contributed by atoms with Crippen LogP contribution in [0.15, 0.2) is 28.0 Å². The topological polar surface area (TPSA) is 51.8 Å². The highest BCUT2D eigenvalue weighted by atomic mass is 32.2. The molecule has 2 aromatic rings. The molecule has 0 atom stereocenters. The Morgan fingerprint density at radius 3 is 2.78 bits per heavy atom. The Balaban J connectivity index is 2.06. The van der Waals surface area contributed by atoms with Crippen molar-refractivity contribution in [2.24, 2.45) is 0 Å². The fourth-order valence-corrected chi connectivity index (χ4v) is 1.89. The van der Waals surface area contributed by atoms with Crippen molar-refractivity contribution in [1.82, 2.24) is 15.1 Å². The molecule has 2 rings (SSSR count). The van der Waals surface area contributed by atoms with E-state index in [1.165, 1.54) is 0 Å². The molecule has 0 saturated carbocycles. The van der Waals surface area contributed by atoms with Crippen LogP contribution in [0.2, 0.25) is 0 Å². The van der Waals surface area contributed by atoms with E-state index in [4.69, 9.17) is 4.52 Å². The van der Waals surface area contributed by atoms with Crippen molar-refractivity contribution in [3.63, 3.8) is 0 Å². The Kier molecular flexibility index (Phi) is 3.55. The maximum absolute atomic E-state index is 12.4. The van der Waals surface area contributed by atoms with Crippen LogP contribution in [0.5, 0.6) is 0 Å². The van der Waals surface area contributed by atoms with Gasteiger partial charge in [0.1, 0.15) is 11.5 Å². The summed E-state index contributed by atoms with van der Waals surface area (Å²) >= 11 is 1.06. The van der Waals surface area contributed by atoms with E-state index >= 15 is 0 Å². The van der Waals surface area contributed by atoms with Crippen LogP contribution in [0.1, 0.15) is 17.1 Å². The Bertz CT molecular complexity index is 541. The summed E-state index contributed by atoms with van der Waals surface area (Å²) < 4.78 is 42.2. The van der Waals surface area contributed by atoms with Crippen molar-refractivity contribution in [3.8, 4) is 0 Å². The maximum atomic E-state index is 12.4. The molecule has 96 valence electrons. The summed E-state index contributed by atoms with van der Waals surface area (Å²) in [6, 6.07) is 2.54. The largest absolute Gasteiger partial charge is 0.433 e. The lowest BCUT2D eigenvalue weighted by atomic mass is 10.4. The van der Waals surface area contributed by atoms with Crippen molar-refractivity contribution >= 4 is 11.8 Å². The van der Waals surface area contributed by atoms with E-state index in [0.717, 1.165) is 29.7 Å². The molecule has 0 fully saturated rings. The van der Waals surface area contributed by atoms with Gasteiger partial charge in [-0.3, -0.25) is 0 Å². The average molecular weight is 275 g/mol. The van der Waals surface area contributed by atoms with Gasteiger partial charge in [-0.2, -0.15) is 13.2 Å². The standard InChI is InChI=1S/C10H8F3N3OS/c1-6-4-7(17-16-6)5-18-9-14-3-2-8(15-9)10(11,12)13/h2-4H,5H2,1H3. The van der Waals surface area contributed by atoms with Crippen LogP contribution in [0.3, 0.4) is 0 Å². The van der Waals surface area contributed by atoms with Crippen molar-refractivity contribution in [2.45, 2.75) is 24.0 Å². The SMILES string of the molecule is Cc1cc(CSc2nccc(C(F)(F)F)n2)on1. The van der Waals surface area contributed by atoms with Gasteiger partial charge >= 0.3 is 6.18 Å². The lowest BCUT2D eigenvalue weighted by Gasteiger charge is -2.05. The van der Waals surface area contributed by atoms with Gasteiger partial charge in [-0.05, 0) is 13.0 Å². The van der Waals surface area contributed by atoms with Crippen molar-refractivity contribution in [3.05, 3.63) is 35.5 Å². The number of hydrogen-bond donors (Lipinski definition) is 0. The van der Waals surface area contributed by atoms with E-state index in [1.807, 2.05) is 0 Å². The van der Waals surface area contributed by atoms with E-state index in [9.17, 15) is 13.2 Å². The van der Waals surface area contributed by atoms with E-state index in [2.05, 4.69) is 15.1 Å². The molecule has 0 spiro atoms. The van der Waals surface area contributed by atoms with Gasteiger partial charge in [0.05, 0.1) is 11.4 Å². The highest BCUT2D eigenvalue weighted by molar-refractivity contribution is 7.98. The average Bonchev–Trinajstić information content (AvgIpc) is 2.72. The molecular formula is C10H8F3N3OS. The van der Waals surface area contributed by atoms with Gasteiger partial charge in [0.2, 0.25) is 0 Å². The fraction of sp³-hybridized carbons (Fsp3) is 0.300. The normalized spacial score (nSPS) is 11.8. The smallest absolute Gasteiger partial charge is 0.360 e. The van der Waals surface area contributed by atoms with Gasteiger partial charge in [0.15, 0.2) is 5.16 Å². The second-order valence-electron chi connectivity index (χ2n) is 3.45. The van der Waals surface area contributed by atoms with Crippen LogP contribution < -0.4 is 0 Å². The Morgan fingerprint density at radius 2 is 2.17 bits per heavy atom. The molecule has 4 nitrogen and oxygen atoms in total. The molecule has 0 aliphatic carbocycles. The van der Waals surface area contributed by atoms with E-state index in [1.54, 1.807) is 13.0 Å². The number of alkyl halides is 3. The molecule has 0 aromatic carbocycles. The monoisotopic (exact) mass is 275 g/mol. The number of nitrogens with zero attached hydrogens (tertiary/aromatic N) is 3. The van der Waals surface area contributed by atoms with Crippen molar-refractivity contribution < 1.29 is 17.7 Å². The minimum Gasteiger partial charge on any atom is -0.360 e. The Labute approximate surface area is 105 Å². The molecule has 18 heavy (non-hydrogen) atoms. The first-order valence-corrected chi connectivity index (χ1v) is 5.89. The minimum absolute atomic E-state index is 0.0545. The molecule has 2 heterocycles. The van der Waals surface area contributed by atoms with Crippen LogP contribution in [-0.2, 0) is 11.9 Å². The molecule has 0 aliphatic rings. The zero-order valence-corrected chi connectivity index (χ0v) is 10.0. The van der Waals surface area contributed by atoms with Crippen molar-refractivity contribution in [1.29, 1.82) is 0 Å².